The van der Waals surface area contributed by atoms with E-state index in [1.807, 2.05) is 6.07 Å². The highest BCUT2D eigenvalue weighted by molar-refractivity contribution is 5.92. The summed E-state index contributed by atoms with van der Waals surface area (Å²) in [6, 6.07) is 8.71. The molecule has 1 aromatic carbocycles. The van der Waals surface area contributed by atoms with Crippen LogP contribution in [0.5, 0.6) is 0 Å². The number of urea groups is 1. The first-order valence-electron chi connectivity index (χ1n) is 6.46. The Bertz CT molecular complexity index is 422. The van der Waals surface area contributed by atoms with Crippen molar-refractivity contribution in [3.05, 3.63) is 30.3 Å². The first-order chi connectivity index (χ1) is 9.65. The maximum atomic E-state index is 12.1. The van der Waals surface area contributed by atoms with E-state index in [0.717, 1.165) is 0 Å². The van der Waals surface area contributed by atoms with Gasteiger partial charge in [-0.25, -0.2) is 4.79 Å². The Morgan fingerprint density at radius 3 is 2.60 bits per heavy atom. The number of amides is 2. The van der Waals surface area contributed by atoms with Gasteiger partial charge in [0.2, 0.25) is 0 Å². The number of nitrogens with one attached hydrogen (secondary N) is 1. The van der Waals surface area contributed by atoms with Gasteiger partial charge in [-0.15, -0.1) is 0 Å². The Morgan fingerprint density at radius 2 is 2.00 bits per heavy atom. The average molecular weight is 280 g/mol. The molecule has 20 heavy (non-hydrogen) atoms. The molecule has 0 aliphatic rings. The van der Waals surface area contributed by atoms with Crippen LogP contribution < -0.4 is 10.2 Å². The summed E-state index contributed by atoms with van der Waals surface area (Å²) in [6.45, 7) is 1.19. The molecule has 0 bridgehead atoms. The maximum Gasteiger partial charge on any atom is 0.321 e. The molecule has 0 atom stereocenters. The third-order valence-electron chi connectivity index (χ3n) is 2.66. The van der Waals surface area contributed by atoms with E-state index >= 15 is 0 Å². The van der Waals surface area contributed by atoms with Crippen LogP contribution >= 0.6 is 0 Å². The molecular weight excluding hydrogens is 260 g/mol. The molecule has 1 aromatic rings. The summed E-state index contributed by atoms with van der Waals surface area (Å²) >= 11 is 0. The molecule has 0 radical (unpaired) electrons. The minimum atomic E-state index is -0.932. The normalized spacial score (nSPS) is 10.1. The summed E-state index contributed by atoms with van der Waals surface area (Å²) in [7, 11) is 1.60. The maximum absolute atomic E-state index is 12.1. The summed E-state index contributed by atoms with van der Waals surface area (Å²) in [4.78, 5) is 24.2. The summed E-state index contributed by atoms with van der Waals surface area (Å²) in [5.41, 5.74) is 0.679. The summed E-state index contributed by atoms with van der Waals surface area (Å²) in [5.74, 6) is -0.932. The Kier molecular flexibility index (Phi) is 7.13. The van der Waals surface area contributed by atoms with Crippen LogP contribution in [0.1, 0.15) is 12.8 Å². The second-order valence-corrected chi connectivity index (χ2v) is 4.21. The van der Waals surface area contributed by atoms with Crippen LogP contribution in [-0.2, 0) is 9.53 Å². The van der Waals surface area contributed by atoms with Crippen molar-refractivity contribution in [3.63, 3.8) is 0 Å². The van der Waals surface area contributed by atoms with Crippen LogP contribution in [0.25, 0.3) is 0 Å². The van der Waals surface area contributed by atoms with Crippen LogP contribution in [-0.4, -0.2) is 43.9 Å². The predicted molar refractivity (Wildman–Crippen MR) is 75.9 cm³/mol. The number of carboxylic acid groups (broad SMARTS) is 1. The molecule has 0 aromatic heterocycles. The number of nitrogens with zero attached hydrogens (tertiary/aromatic N) is 1. The van der Waals surface area contributed by atoms with Gasteiger partial charge < -0.3 is 15.2 Å². The van der Waals surface area contributed by atoms with Gasteiger partial charge in [-0.2, -0.15) is 0 Å². The standard InChI is InChI=1S/C14H20N2O4/c1-20-11-5-9-15-14(19)16(10-8-13(17)18)12-6-3-2-4-7-12/h2-4,6-7H,5,8-11H2,1H3,(H,15,19)(H,17,18). The molecule has 0 heterocycles. The lowest BCUT2D eigenvalue weighted by molar-refractivity contribution is -0.136. The van der Waals surface area contributed by atoms with Crippen molar-refractivity contribution in [1.29, 1.82) is 0 Å². The van der Waals surface area contributed by atoms with E-state index in [4.69, 9.17) is 9.84 Å². The third-order valence-corrected chi connectivity index (χ3v) is 2.66. The van der Waals surface area contributed by atoms with Gasteiger partial charge in [-0.3, -0.25) is 9.69 Å². The number of methoxy groups -OCH3 is 1. The van der Waals surface area contributed by atoms with E-state index in [0.29, 0.717) is 25.3 Å². The fourth-order valence-corrected chi connectivity index (χ4v) is 1.67. The Hall–Kier alpha value is -2.08. The summed E-state index contributed by atoms with van der Waals surface area (Å²) < 4.78 is 4.91. The zero-order valence-corrected chi connectivity index (χ0v) is 11.5. The quantitative estimate of drug-likeness (QED) is 0.711. The number of hydrogen-bond donors (Lipinski definition) is 2. The zero-order valence-electron chi connectivity index (χ0n) is 11.5. The van der Waals surface area contributed by atoms with Crippen molar-refractivity contribution < 1.29 is 19.4 Å². The van der Waals surface area contributed by atoms with Gasteiger partial charge >= 0.3 is 12.0 Å². The molecule has 0 saturated carbocycles. The Labute approximate surface area is 118 Å². The van der Waals surface area contributed by atoms with Crippen molar-refractivity contribution in [2.75, 3.05) is 31.7 Å². The van der Waals surface area contributed by atoms with Crippen molar-refractivity contribution in [1.82, 2.24) is 5.32 Å². The van der Waals surface area contributed by atoms with Gasteiger partial charge in [0.25, 0.3) is 0 Å². The zero-order chi connectivity index (χ0) is 14.8. The minimum absolute atomic E-state index is 0.0968. The number of carbonyl (C=O) groups is 2. The Morgan fingerprint density at radius 1 is 1.30 bits per heavy atom. The summed E-state index contributed by atoms with van der Waals surface area (Å²) in [5, 5.41) is 11.5. The van der Waals surface area contributed by atoms with Crippen molar-refractivity contribution in [2.24, 2.45) is 0 Å². The van der Waals surface area contributed by atoms with E-state index < -0.39 is 5.97 Å². The van der Waals surface area contributed by atoms with E-state index in [1.165, 1.54) is 4.90 Å². The topological polar surface area (TPSA) is 78.9 Å². The molecule has 0 unspecified atom stereocenters. The molecule has 1 rings (SSSR count). The molecule has 0 aliphatic carbocycles. The SMILES string of the molecule is COCCCNC(=O)N(CCC(=O)O)c1ccccc1. The second kappa shape index (κ2) is 8.92. The highest BCUT2D eigenvalue weighted by atomic mass is 16.5. The fourth-order valence-electron chi connectivity index (χ4n) is 1.67. The van der Waals surface area contributed by atoms with Gasteiger partial charge in [0, 0.05) is 32.5 Å². The first kappa shape index (κ1) is 16.0. The number of rotatable bonds is 8. The van der Waals surface area contributed by atoms with Gasteiger partial charge in [0.05, 0.1) is 6.42 Å². The van der Waals surface area contributed by atoms with E-state index in [9.17, 15) is 9.59 Å². The van der Waals surface area contributed by atoms with E-state index in [-0.39, 0.29) is 19.0 Å². The fraction of sp³-hybridized carbons (Fsp3) is 0.429. The van der Waals surface area contributed by atoms with Crippen molar-refractivity contribution >= 4 is 17.7 Å². The monoisotopic (exact) mass is 280 g/mol. The molecule has 0 aliphatic heterocycles. The largest absolute Gasteiger partial charge is 0.481 e. The summed E-state index contributed by atoms with van der Waals surface area (Å²) in [6.07, 6.45) is 0.615. The molecule has 110 valence electrons. The number of anilines is 1. The van der Waals surface area contributed by atoms with Crippen LogP contribution in [0.3, 0.4) is 0 Å². The molecule has 0 fully saturated rings. The second-order valence-electron chi connectivity index (χ2n) is 4.21. The predicted octanol–water partition coefficient (Wildman–Crippen LogP) is 1.71. The van der Waals surface area contributed by atoms with Crippen molar-refractivity contribution in [3.8, 4) is 0 Å². The smallest absolute Gasteiger partial charge is 0.321 e. The average Bonchev–Trinajstić information content (AvgIpc) is 2.44. The molecule has 0 saturated heterocycles. The number of carboxylic acids is 1. The molecule has 6 nitrogen and oxygen atoms in total. The van der Waals surface area contributed by atoms with Crippen LogP contribution in [0, 0.1) is 0 Å². The molecule has 2 amide bonds. The molecule has 0 spiro atoms. The van der Waals surface area contributed by atoms with Crippen LogP contribution in [0.4, 0.5) is 10.5 Å². The van der Waals surface area contributed by atoms with Gasteiger partial charge in [-0.1, -0.05) is 18.2 Å². The molecule has 2 N–H and O–H groups in total. The number of ether oxygens (including phenoxy) is 1. The third kappa shape index (κ3) is 5.71. The van der Waals surface area contributed by atoms with E-state index in [2.05, 4.69) is 5.32 Å². The van der Waals surface area contributed by atoms with E-state index in [1.54, 1.807) is 31.4 Å². The number of aliphatic carboxylic acids is 1. The van der Waals surface area contributed by atoms with Crippen LogP contribution in [0.2, 0.25) is 0 Å². The number of para-hydroxylation sites is 1. The van der Waals surface area contributed by atoms with Gasteiger partial charge in [-0.05, 0) is 18.6 Å². The lowest BCUT2D eigenvalue weighted by Crippen LogP contribution is -2.41. The lowest BCUT2D eigenvalue weighted by Gasteiger charge is -2.22. The van der Waals surface area contributed by atoms with Gasteiger partial charge in [0.15, 0.2) is 0 Å². The Balaban J connectivity index is 2.62. The minimum Gasteiger partial charge on any atom is -0.481 e. The molecular formula is C14H20N2O4. The first-order valence-corrected chi connectivity index (χ1v) is 6.46. The lowest BCUT2D eigenvalue weighted by atomic mass is 10.2. The van der Waals surface area contributed by atoms with Crippen LogP contribution in [0.15, 0.2) is 30.3 Å². The number of benzene rings is 1. The number of carbonyl (C=O) groups excluding carboxylic acids is 1. The van der Waals surface area contributed by atoms with Gasteiger partial charge in [0.1, 0.15) is 0 Å². The highest BCUT2D eigenvalue weighted by Crippen LogP contribution is 2.13. The number of hydrogen-bond acceptors (Lipinski definition) is 3. The highest BCUT2D eigenvalue weighted by Gasteiger charge is 2.16. The molecule has 6 heteroatoms. The van der Waals surface area contributed by atoms with Crippen molar-refractivity contribution in [2.45, 2.75) is 12.8 Å².